The Labute approximate surface area is 123 Å². The van der Waals surface area contributed by atoms with Crippen LogP contribution in [-0.4, -0.2) is 68.7 Å². The average Bonchev–Trinajstić information content (AvgIpc) is 2.39. The molecule has 5 nitrogen and oxygen atoms in total. The molecule has 0 saturated carbocycles. The molecule has 0 aromatic rings. The normalized spacial score (nSPS) is 27.8. The highest BCUT2D eigenvalue weighted by molar-refractivity contribution is 7.89. The van der Waals surface area contributed by atoms with E-state index in [0.29, 0.717) is 37.3 Å². The Kier molecular flexibility index (Phi) is 5.84. The zero-order valence-corrected chi connectivity index (χ0v) is 13.7. The van der Waals surface area contributed by atoms with Crippen molar-refractivity contribution in [2.45, 2.75) is 51.1 Å². The smallest absolute Gasteiger partial charge is 0.214 e. The van der Waals surface area contributed by atoms with Gasteiger partial charge in [0.25, 0.3) is 0 Å². The molecule has 118 valence electrons. The number of hydrogen-bond acceptors (Lipinski definition) is 4. The molecule has 1 unspecified atom stereocenters. The highest BCUT2D eigenvalue weighted by Crippen LogP contribution is 2.17. The minimum absolute atomic E-state index is 0.290. The fraction of sp³-hybridized carbons (Fsp3) is 1.00. The molecule has 2 aliphatic rings. The number of sulfonamides is 1. The van der Waals surface area contributed by atoms with Gasteiger partial charge in [-0.3, -0.25) is 0 Å². The third-order valence-corrected chi connectivity index (χ3v) is 6.48. The van der Waals surface area contributed by atoms with E-state index in [1.165, 1.54) is 19.4 Å². The van der Waals surface area contributed by atoms with Crippen molar-refractivity contribution in [3.05, 3.63) is 0 Å². The Balaban J connectivity index is 1.77. The first kappa shape index (κ1) is 16.2. The van der Waals surface area contributed by atoms with E-state index >= 15 is 0 Å². The number of nitrogens with one attached hydrogen (secondary N) is 1. The molecule has 0 aliphatic carbocycles. The molecule has 20 heavy (non-hydrogen) atoms. The van der Waals surface area contributed by atoms with Crippen molar-refractivity contribution in [1.82, 2.24) is 14.5 Å². The molecule has 0 spiro atoms. The first-order valence-electron chi connectivity index (χ1n) is 7.93. The zero-order valence-electron chi connectivity index (χ0n) is 12.8. The van der Waals surface area contributed by atoms with Gasteiger partial charge in [-0.25, -0.2) is 12.7 Å². The minimum atomic E-state index is -3.00. The molecular formula is C14H29N3O2S. The molecular weight excluding hydrogens is 274 g/mol. The number of nitrogens with zero attached hydrogens (tertiary/aromatic N) is 2. The summed E-state index contributed by atoms with van der Waals surface area (Å²) in [5.74, 6) is 0.290. The van der Waals surface area contributed by atoms with E-state index in [-0.39, 0.29) is 0 Å². The molecule has 6 heteroatoms. The predicted molar refractivity (Wildman–Crippen MR) is 82.3 cm³/mol. The predicted octanol–water partition coefficient (Wildman–Crippen LogP) is 0.874. The van der Waals surface area contributed by atoms with Gasteiger partial charge in [-0.1, -0.05) is 6.92 Å². The van der Waals surface area contributed by atoms with Crippen LogP contribution < -0.4 is 5.32 Å². The maximum atomic E-state index is 12.0. The lowest BCUT2D eigenvalue weighted by Crippen LogP contribution is -2.52. The summed E-state index contributed by atoms with van der Waals surface area (Å²) in [6, 6.07) is 1.07. The van der Waals surface area contributed by atoms with Gasteiger partial charge >= 0.3 is 0 Å². The van der Waals surface area contributed by atoms with Crippen LogP contribution in [0.2, 0.25) is 0 Å². The molecule has 0 radical (unpaired) electrons. The van der Waals surface area contributed by atoms with E-state index in [9.17, 15) is 8.42 Å². The quantitative estimate of drug-likeness (QED) is 0.819. The number of hydrogen-bond donors (Lipinski definition) is 1. The molecule has 0 aromatic heterocycles. The fourth-order valence-corrected chi connectivity index (χ4v) is 4.86. The van der Waals surface area contributed by atoms with E-state index in [0.717, 1.165) is 19.4 Å². The summed E-state index contributed by atoms with van der Waals surface area (Å²) in [7, 11) is -0.827. The second-order valence-electron chi connectivity index (χ2n) is 6.26. The second kappa shape index (κ2) is 7.20. The number of piperidine rings is 2. The van der Waals surface area contributed by atoms with Crippen molar-refractivity contribution < 1.29 is 8.42 Å². The van der Waals surface area contributed by atoms with Crippen LogP contribution in [0.3, 0.4) is 0 Å². The monoisotopic (exact) mass is 303 g/mol. The van der Waals surface area contributed by atoms with Crippen LogP contribution in [0.4, 0.5) is 0 Å². The van der Waals surface area contributed by atoms with Crippen molar-refractivity contribution in [2.75, 3.05) is 39.0 Å². The molecule has 2 heterocycles. The summed E-state index contributed by atoms with van der Waals surface area (Å²) < 4.78 is 25.7. The summed E-state index contributed by atoms with van der Waals surface area (Å²) in [5, 5.41) is 3.73. The Bertz CT molecular complexity index is 391. The number of rotatable bonds is 5. The van der Waals surface area contributed by atoms with E-state index < -0.39 is 10.0 Å². The lowest BCUT2D eigenvalue weighted by atomic mass is 10.0. The first-order chi connectivity index (χ1) is 9.51. The van der Waals surface area contributed by atoms with Gasteiger partial charge in [0.1, 0.15) is 0 Å². The Morgan fingerprint density at radius 1 is 1.10 bits per heavy atom. The van der Waals surface area contributed by atoms with Gasteiger partial charge in [-0.15, -0.1) is 0 Å². The van der Waals surface area contributed by atoms with Gasteiger partial charge in [0, 0.05) is 31.7 Å². The first-order valence-corrected chi connectivity index (χ1v) is 9.54. The molecule has 1 atom stereocenters. The van der Waals surface area contributed by atoms with Crippen molar-refractivity contribution in [2.24, 2.45) is 0 Å². The summed E-state index contributed by atoms with van der Waals surface area (Å²) in [5.41, 5.74) is 0. The SMILES string of the molecule is CCCS(=O)(=O)N1CCC(NC2CCCN(C)C2)CC1. The lowest BCUT2D eigenvalue weighted by Gasteiger charge is -2.37. The second-order valence-corrected chi connectivity index (χ2v) is 8.35. The number of likely N-dealkylation sites (N-methyl/N-ethyl adjacent to an activating group) is 1. The van der Waals surface area contributed by atoms with E-state index in [2.05, 4.69) is 17.3 Å². The van der Waals surface area contributed by atoms with Crippen LogP contribution in [0.25, 0.3) is 0 Å². The van der Waals surface area contributed by atoms with Crippen LogP contribution in [-0.2, 0) is 10.0 Å². The van der Waals surface area contributed by atoms with Gasteiger partial charge in [-0.05, 0) is 45.7 Å². The summed E-state index contributed by atoms with van der Waals surface area (Å²) >= 11 is 0. The molecule has 0 bridgehead atoms. The van der Waals surface area contributed by atoms with Gasteiger partial charge in [0.2, 0.25) is 10.0 Å². The molecule has 1 N–H and O–H groups in total. The Morgan fingerprint density at radius 3 is 2.40 bits per heavy atom. The third-order valence-electron chi connectivity index (χ3n) is 4.41. The molecule has 2 aliphatic heterocycles. The maximum absolute atomic E-state index is 12.0. The Hall–Kier alpha value is -0.170. The summed E-state index contributed by atoms with van der Waals surface area (Å²) in [6.45, 7) is 5.61. The van der Waals surface area contributed by atoms with Gasteiger partial charge < -0.3 is 10.2 Å². The van der Waals surface area contributed by atoms with E-state index in [1.54, 1.807) is 4.31 Å². The summed E-state index contributed by atoms with van der Waals surface area (Å²) in [4.78, 5) is 2.38. The highest BCUT2D eigenvalue weighted by atomic mass is 32.2. The standard InChI is InChI=1S/C14H29N3O2S/c1-3-11-20(18,19)17-9-6-13(7-10-17)15-14-5-4-8-16(2)12-14/h13-15H,3-12H2,1-2H3. The van der Waals surface area contributed by atoms with Crippen LogP contribution in [0.1, 0.15) is 39.0 Å². The van der Waals surface area contributed by atoms with E-state index in [1.807, 2.05) is 6.92 Å². The van der Waals surface area contributed by atoms with Crippen molar-refractivity contribution in [1.29, 1.82) is 0 Å². The molecule has 2 fully saturated rings. The van der Waals surface area contributed by atoms with Gasteiger partial charge in [0.05, 0.1) is 5.75 Å². The molecule has 2 rings (SSSR count). The Morgan fingerprint density at radius 2 is 1.80 bits per heavy atom. The van der Waals surface area contributed by atoms with Gasteiger partial charge in [0.15, 0.2) is 0 Å². The van der Waals surface area contributed by atoms with Crippen LogP contribution in [0, 0.1) is 0 Å². The van der Waals surface area contributed by atoms with E-state index in [4.69, 9.17) is 0 Å². The number of likely N-dealkylation sites (tertiary alicyclic amines) is 1. The topological polar surface area (TPSA) is 52.7 Å². The molecule has 0 aromatic carbocycles. The highest BCUT2D eigenvalue weighted by Gasteiger charge is 2.28. The van der Waals surface area contributed by atoms with Crippen molar-refractivity contribution in [3.8, 4) is 0 Å². The van der Waals surface area contributed by atoms with Crippen LogP contribution >= 0.6 is 0 Å². The average molecular weight is 303 g/mol. The molecule has 2 saturated heterocycles. The van der Waals surface area contributed by atoms with Crippen molar-refractivity contribution >= 4 is 10.0 Å². The maximum Gasteiger partial charge on any atom is 0.214 e. The van der Waals surface area contributed by atoms with Gasteiger partial charge in [-0.2, -0.15) is 0 Å². The van der Waals surface area contributed by atoms with Crippen molar-refractivity contribution in [3.63, 3.8) is 0 Å². The zero-order chi connectivity index (χ0) is 14.6. The minimum Gasteiger partial charge on any atom is -0.310 e. The van der Waals surface area contributed by atoms with Crippen LogP contribution in [0.5, 0.6) is 0 Å². The fourth-order valence-electron chi connectivity index (χ4n) is 3.32. The summed E-state index contributed by atoms with van der Waals surface area (Å²) in [6.07, 6.45) is 5.11. The van der Waals surface area contributed by atoms with Crippen LogP contribution in [0.15, 0.2) is 0 Å². The third kappa shape index (κ3) is 4.41. The molecule has 0 amide bonds. The largest absolute Gasteiger partial charge is 0.310 e. The lowest BCUT2D eigenvalue weighted by molar-refractivity contribution is 0.196.